The van der Waals surface area contributed by atoms with Gasteiger partial charge in [-0.25, -0.2) is 0 Å². The second-order valence-electron chi connectivity index (χ2n) is 4.29. The Kier molecular flexibility index (Phi) is 4.87. The van der Waals surface area contributed by atoms with E-state index in [9.17, 15) is 4.79 Å². The van der Waals surface area contributed by atoms with Gasteiger partial charge >= 0.3 is 0 Å². The molecule has 0 aliphatic carbocycles. The van der Waals surface area contributed by atoms with Crippen LogP contribution in [0.15, 0.2) is 24.3 Å². The highest BCUT2D eigenvalue weighted by atomic mass is 35.5. The summed E-state index contributed by atoms with van der Waals surface area (Å²) in [5.41, 5.74) is 0.971. The molecule has 98 valence electrons. The molecule has 1 aliphatic rings. The zero-order valence-electron chi connectivity index (χ0n) is 9.94. The highest BCUT2D eigenvalue weighted by Gasteiger charge is 2.23. The van der Waals surface area contributed by atoms with Gasteiger partial charge < -0.3 is 9.64 Å². The number of benzene rings is 1. The van der Waals surface area contributed by atoms with Crippen LogP contribution in [0.1, 0.15) is 5.56 Å². The number of hydrogen-bond donors (Lipinski definition) is 0. The predicted octanol–water partition coefficient (Wildman–Crippen LogP) is 2.35. The topological polar surface area (TPSA) is 29.5 Å². The van der Waals surface area contributed by atoms with E-state index in [-0.39, 0.29) is 12.0 Å². The zero-order chi connectivity index (χ0) is 13.0. The Labute approximate surface area is 117 Å². The Morgan fingerprint density at radius 2 is 2.11 bits per heavy atom. The fourth-order valence-electron chi connectivity index (χ4n) is 1.93. The predicted molar refractivity (Wildman–Crippen MR) is 72.2 cm³/mol. The van der Waals surface area contributed by atoms with Crippen LogP contribution in [-0.2, 0) is 16.0 Å². The number of nitrogens with zero attached hydrogens (tertiary/aromatic N) is 1. The molecule has 0 spiro atoms. The Hall–Kier alpha value is -0.770. The molecule has 0 bridgehead atoms. The Morgan fingerprint density at radius 3 is 2.78 bits per heavy atom. The van der Waals surface area contributed by atoms with Crippen LogP contribution in [-0.4, -0.2) is 42.5 Å². The van der Waals surface area contributed by atoms with Gasteiger partial charge in [0, 0.05) is 18.1 Å². The van der Waals surface area contributed by atoms with Crippen LogP contribution in [0.25, 0.3) is 0 Å². The lowest BCUT2D eigenvalue weighted by Crippen LogP contribution is -2.46. The first-order valence-corrected chi connectivity index (χ1v) is 6.80. The second kappa shape index (κ2) is 6.41. The molecule has 1 fully saturated rings. The van der Waals surface area contributed by atoms with E-state index in [1.165, 1.54) is 0 Å². The van der Waals surface area contributed by atoms with Crippen LogP contribution in [0, 0.1) is 0 Å². The molecule has 2 rings (SSSR count). The zero-order valence-corrected chi connectivity index (χ0v) is 11.5. The highest BCUT2D eigenvalue weighted by molar-refractivity contribution is 6.30. The van der Waals surface area contributed by atoms with Gasteiger partial charge in [-0.15, -0.1) is 11.6 Å². The van der Waals surface area contributed by atoms with Crippen molar-refractivity contribution in [2.45, 2.75) is 12.5 Å². The van der Waals surface area contributed by atoms with Crippen molar-refractivity contribution in [3.63, 3.8) is 0 Å². The van der Waals surface area contributed by atoms with Crippen LogP contribution < -0.4 is 0 Å². The van der Waals surface area contributed by atoms with E-state index in [1.54, 1.807) is 12.1 Å². The number of amides is 1. The second-order valence-corrected chi connectivity index (χ2v) is 5.04. The summed E-state index contributed by atoms with van der Waals surface area (Å²) in [6.45, 7) is 1.78. The van der Waals surface area contributed by atoms with Crippen molar-refractivity contribution >= 4 is 29.1 Å². The molecule has 0 N–H and O–H groups in total. The fourth-order valence-corrected chi connectivity index (χ4v) is 2.24. The maximum absolute atomic E-state index is 12.1. The summed E-state index contributed by atoms with van der Waals surface area (Å²) >= 11 is 11.6. The summed E-state index contributed by atoms with van der Waals surface area (Å²) in [5.74, 6) is 0.529. The lowest BCUT2D eigenvalue weighted by atomic mass is 10.1. The van der Waals surface area contributed by atoms with Crippen molar-refractivity contribution in [2.24, 2.45) is 0 Å². The molecule has 3 nitrogen and oxygen atoms in total. The Balaban J connectivity index is 1.93. The van der Waals surface area contributed by atoms with Crippen LogP contribution in [0.5, 0.6) is 0 Å². The number of ether oxygens (including phenoxy) is 1. The summed E-state index contributed by atoms with van der Waals surface area (Å²) < 4.78 is 5.43. The van der Waals surface area contributed by atoms with E-state index >= 15 is 0 Å². The summed E-state index contributed by atoms with van der Waals surface area (Å²) in [5, 5.41) is 0.680. The van der Waals surface area contributed by atoms with Gasteiger partial charge in [0.15, 0.2) is 0 Å². The molecular weight excluding hydrogens is 273 g/mol. The van der Waals surface area contributed by atoms with E-state index in [0.29, 0.717) is 37.0 Å². The summed E-state index contributed by atoms with van der Waals surface area (Å²) in [6.07, 6.45) is 0.348. The minimum Gasteiger partial charge on any atom is -0.373 e. The molecule has 1 aromatic carbocycles. The Morgan fingerprint density at radius 1 is 1.39 bits per heavy atom. The third-order valence-electron chi connectivity index (χ3n) is 2.93. The third-order valence-corrected chi connectivity index (χ3v) is 3.53. The van der Waals surface area contributed by atoms with Gasteiger partial charge in [0.1, 0.15) is 0 Å². The van der Waals surface area contributed by atoms with Crippen LogP contribution >= 0.6 is 23.2 Å². The minimum atomic E-state index is -0.0467. The van der Waals surface area contributed by atoms with E-state index in [1.807, 2.05) is 17.0 Å². The number of carbonyl (C=O) groups is 1. The summed E-state index contributed by atoms with van der Waals surface area (Å²) in [6, 6.07) is 7.34. The number of alkyl halides is 1. The minimum absolute atomic E-state index is 0.0467. The first-order valence-electron chi connectivity index (χ1n) is 5.89. The van der Waals surface area contributed by atoms with Gasteiger partial charge in [-0.3, -0.25) is 4.79 Å². The first-order chi connectivity index (χ1) is 8.69. The molecule has 18 heavy (non-hydrogen) atoms. The monoisotopic (exact) mass is 287 g/mol. The molecule has 0 saturated carbocycles. The van der Waals surface area contributed by atoms with Crippen molar-refractivity contribution in [3.05, 3.63) is 34.9 Å². The number of hydrogen-bond acceptors (Lipinski definition) is 2. The molecule has 1 amide bonds. The van der Waals surface area contributed by atoms with E-state index < -0.39 is 0 Å². The van der Waals surface area contributed by atoms with Crippen LogP contribution in [0.3, 0.4) is 0 Å². The smallest absolute Gasteiger partial charge is 0.227 e. The van der Waals surface area contributed by atoms with Gasteiger partial charge in [-0.05, 0) is 17.7 Å². The van der Waals surface area contributed by atoms with Crippen molar-refractivity contribution in [1.29, 1.82) is 0 Å². The molecule has 1 unspecified atom stereocenters. The van der Waals surface area contributed by atoms with Crippen molar-refractivity contribution < 1.29 is 9.53 Å². The maximum atomic E-state index is 12.1. The van der Waals surface area contributed by atoms with Gasteiger partial charge in [-0.2, -0.15) is 0 Å². The number of carbonyl (C=O) groups excluding carboxylic acids is 1. The van der Waals surface area contributed by atoms with Crippen molar-refractivity contribution in [3.8, 4) is 0 Å². The number of halogens is 2. The largest absolute Gasteiger partial charge is 0.373 e. The van der Waals surface area contributed by atoms with Gasteiger partial charge in [0.05, 0.1) is 25.0 Å². The first kappa shape index (κ1) is 13.7. The molecule has 1 aliphatic heterocycles. The third kappa shape index (κ3) is 3.61. The molecule has 0 radical (unpaired) electrons. The molecule has 1 heterocycles. The quantitative estimate of drug-likeness (QED) is 0.799. The summed E-state index contributed by atoms with van der Waals surface area (Å²) in [4.78, 5) is 13.9. The molecule has 0 aromatic heterocycles. The Bertz CT molecular complexity index is 408. The van der Waals surface area contributed by atoms with E-state index in [2.05, 4.69) is 0 Å². The average molecular weight is 288 g/mol. The standard InChI is InChI=1S/C13H15Cl2NO2/c14-8-12-9-16(5-6-18-12)13(17)7-10-1-3-11(15)4-2-10/h1-4,12H,5-9H2. The van der Waals surface area contributed by atoms with Crippen LogP contribution in [0.2, 0.25) is 5.02 Å². The number of morpholine rings is 1. The lowest BCUT2D eigenvalue weighted by molar-refractivity contribution is -0.137. The van der Waals surface area contributed by atoms with Gasteiger partial charge in [-0.1, -0.05) is 23.7 Å². The van der Waals surface area contributed by atoms with Crippen molar-refractivity contribution in [1.82, 2.24) is 4.90 Å². The summed E-state index contributed by atoms with van der Waals surface area (Å²) in [7, 11) is 0. The van der Waals surface area contributed by atoms with Gasteiger partial charge in [0.25, 0.3) is 0 Å². The normalized spacial score (nSPS) is 19.9. The maximum Gasteiger partial charge on any atom is 0.227 e. The SMILES string of the molecule is O=C(Cc1ccc(Cl)cc1)N1CCOC(CCl)C1. The number of rotatable bonds is 3. The van der Waals surface area contributed by atoms with Gasteiger partial charge in [0.2, 0.25) is 5.91 Å². The molecule has 1 saturated heterocycles. The highest BCUT2D eigenvalue weighted by Crippen LogP contribution is 2.12. The lowest BCUT2D eigenvalue weighted by Gasteiger charge is -2.32. The van der Waals surface area contributed by atoms with Crippen molar-refractivity contribution in [2.75, 3.05) is 25.6 Å². The molecule has 5 heteroatoms. The molecule has 1 atom stereocenters. The molecule has 1 aromatic rings. The van der Waals surface area contributed by atoms with Crippen LogP contribution in [0.4, 0.5) is 0 Å². The fraction of sp³-hybridized carbons (Fsp3) is 0.462. The molecular formula is C13H15Cl2NO2. The van der Waals surface area contributed by atoms with E-state index in [0.717, 1.165) is 5.56 Å². The average Bonchev–Trinajstić information content (AvgIpc) is 2.41. The van der Waals surface area contributed by atoms with E-state index in [4.69, 9.17) is 27.9 Å².